The summed E-state index contributed by atoms with van der Waals surface area (Å²) in [6.07, 6.45) is 0. The van der Waals surface area contributed by atoms with Crippen LogP contribution in [0.4, 0.5) is 0 Å². The molecule has 0 aliphatic heterocycles. The number of hydrogen-bond acceptors (Lipinski definition) is 2. The Hall–Kier alpha value is -2.18. The van der Waals surface area contributed by atoms with E-state index >= 15 is 0 Å². The Labute approximate surface area is 103 Å². The van der Waals surface area contributed by atoms with Gasteiger partial charge in [-0.05, 0) is 18.2 Å². The summed E-state index contributed by atoms with van der Waals surface area (Å²) >= 11 is 1.72. The summed E-state index contributed by atoms with van der Waals surface area (Å²) in [5.41, 5.74) is 5.06. The van der Waals surface area contributed by atoms with E-state index in [1.807, 2.05) is 36.4 Å². The van der Waals surface area contributed by atoms with Crippen molar-refractivity contribution in [3.05, 3.63) is 59.6 Å². The average Bonchev–Trinajstić information content (AvgIpc) is 2.83. The van der Waals surface area contributed by atoms with Gasteiger partial charge in [-0.15, -0.1) is 4.57 Å². The van der Waals surface area contributed by atoms with E-state index < -0.39 is 0 Å². The van der Waals surface area contributed by atoms with E-state index in [1.165, 1.54) is 10.2 Å². The average molecular weight is 237 g/mol. The Morgan fingerprint density at radius 1 is 1.00 bits per heavy atom. The number of thiazole rings is 1. The number of benzene rings is 2. The maximum Gasteiger partial charge on any atom is 0.231 e. The quantitative estimate of drug-likeness (QED) is 0.598. The minimum absolute atomic E-state index is 0.689. The second-order valence-corrected chi connectivity index (χ2v) is 4.61. The fraction of sp³-hybridized carbons (Fsp3) is 0. The van der Waals surface area contributed by atoms with E-state index in [2.05, 4.69) is 28.3 Å². The first-order valence-corrected chi connectivity index (χ1v) is 6.15. The Bertz CT molecular complexity index is 705. The van der Waals surface area contributed by atoms with Crippen molar-refractivity contribution >= 4 is 21.6 Å². The zero-order valence-electron chi connectivity index (χ0n) is 9.00. The third-order valence-electron chi connectivity index (χ3n) is 2.68. The largest absolute Gasteiger partial charge is 0.231 e. The Morgan fingerprint density at radius 3 is 2.53 bits per heavy atom. The molecular formula is C14H9N2S+. The van der Waals surface area contributed by atoms with Crippen molar-refractivity contribution in [1.29, 1.82) is 5.26 Å². The van der Waals surface area contributed by atoms with E-state index in [0.29, 0.717) is 5.56 Å². The summed E-state index contributed by atoms with van der Waals surface area (Å²) < 4.78 is 3.40. The van der Waals surface area contributed by atoms with Gasteiger partial charge in [-0.25, -0.2) is 0 Å². The summed E-state index contributed by atoms with van der Waals surface area (Å²) in [7, 11) is 0. The first-order valence-electron chi connectivity index (χ1n) is 5.27. The molecule has 1 aromatic heterocycles. The lowest BCUT2D eigenvalue weighted by atomic mass is 10.2. The van der Waals surface area contributed by atoms with Gasteiger partial charge < -0.3 is 0 Å². The van der Waals surface area contributed by atoms with Gasteiger partial charge in [0.25, 0.3) is 0 Å². The summed E-state index contributed by atoms with van der Waals surface area (Å²) in [5, 5.41) is 8.78. The summed E-state index contributed by atoms with van der Waals surface area (Å²) in [5.74, 6) is 0. The summed E-state index contributed by atoms with van der Waals surface area (Å²) in [6, 6.07) is 18.0. The van der Waals surface area contributed by atoms with Crippen molar-refractivity contribution in [2.75, 3.05) is 0 Å². The molecule has 0 atom stereocenters. The third-order valence-corrected chi connectivity index (χ3v) is 3.60. The van der Waals surface area contributed by atoms with Crippen LogP contribution in [0, 0.1) is 11.3 Å². The molecule has 80 valence electrons. The first-order chi connectivity index (χ1) is 8.38. The maximum absolute atomic E-state index is 8.78. The van der Waals surface area contributed by atoms with Gasteiger partial charge in [-0.2, -0.15) is 5.26 Å². The van der Waals surface area contributed by atoms with Crippen molar-refractivity contribution in [3.8, 4) is 11.8 Å². The molecule has 2 aromatic carbocycles. The highest BCUT2D eigenvalue weighted by molar-refractivity contribution is 7.16. The lowest BCUT2D eigenvalue weighted by Crippen LogP contribution is -2.27. The minimum Gasteiger partial charge on any atom is -0.192 e. The molecule has 0 saturated carbocycles. The van der Waals surface area contributed by atoms with Crippen molar-refractivity contribution in [2.45, 2.75) is 0 Å². The highest BCUT2D eigenvalue weighted by Crippen LogP contribution is 2.17. The Kier molecular flexibility index (Phi) is 2.36. The van der Waals surface area contributed by atoms with Crippen LogP contribution >= 0.6 is 11.3 Å². The predicted molar refractivity (Wildman–Crippen MR) is 68.1 cm³/mol. The van der Waals surface area contributed by atoms with Crippen LogP contribution in [-0.2, 0) is 0 Å². The second-order valence-electron chi connectivity index (χ2n) is 3.72. The third kappa shape index (κ3) is 1.69. The fourth-order valence-electron chi connectivity index (χ4n) is 1.82. The van der Waals surface area contributed by atoms with E-state index in [4.69, 9.17) is 5.26 Å². The van der Waals surface area contributed by atoms with E-state index in [-0.39, 0.29) is 0 Å². The topological polar surface area (TPSA) is 27.7 Å². The van der Waals surface area contributed by atoms with Gasteiger partial charge in [0.1, 0.15) is 4.70 Å². The first kappa shape index (κ1) is 10.0. The van der Waals surface area contributed by atoms with Crippen molar-refractivity contribution in [1.82, 2.24) is 0 Å². The number of fused-ring (bicyclic) bond motifs is 1. The standard InChI is InChI=1S/C14H9N2S/c15-9-11-5-7-12(8-6-11)16-10-17-14-4-2-1-3-13(14)16/h1-8,10H/q+1. The molecule has 0 aliphatic carbocycles. The molecule has 0 saturated heterocycles. The molecule has 0 unspecified atom stereocenters. The molecule has 0 fully saturated rings. The molecular weight excluding hydrogens is 228 g/mol. The highest BCUT2D eigenvalue weighted by atomic mass is 32.1. The predicted octanol–water partition coefficient (Wildman–Crippen LogP) is 3.05. The van der Waals surface area contributed by atoms with E-state index in [0.717, 1.165) is 5.69 Å². The van der Waals surface area contributed by atoms with Crippen molar-refractivity contribution in [3.63, 3.8) is 0 Å². The number of hydrogen-bond donors (Lipinski definition) is 0. The molecule has 2 nitrogen and oxygen atoms in total. The second kappa shape index (κ2) is 4.00. The van der Waals surface area contributed by atoms with Crippen LogP contribution < -0.4 is 4.57 Å². The molecule has 0 bridgehead atoms. The van der Waals surface area contributed by atoms with Crippen LogP contribution in [0.5, 0.6) is 0 Å². The van der Waals surface area contributed by atoms with Crippen LogP contribution in [-0.4, -0.2) is 0 Å². The smallest absolute Gasteiger partial charge is 0.192 e. The van der Waals surface area contributed by atoms with Gasteiger partial charge in [-0.3, -0.25) is 0 Å². The van der Waals surface area contributed by atoms with Crippen LogP contribution in [0.1, 0.15) is 5.56 Å². The van der Waals surface area contributed by atoms with Gasteiger partial charge in [0.05, 0.1) is 11.6 Å². The van der Waals surface area contributed by atoms with Crippen LogP contribution in [0.25, 0.3) is 15.9 Å². The monoisotopic (exact) mass is 237 g/mol. The zero-order valence-corrected chi connectivity index (χ0v) is 9.82. The number of para-hydroxylation sites is 1. The molecule has 3 aromatic rings. The van der Waals surface area contributed by atoms with Crippen LogP contribution in [0.15, 0.2) is 54.0 Å². The lowest BCUT2D eigenvalue weighted by molar-refractivity contribution is -0.562. The highest BCUT2D eigenvalue weighted by Gasteiger charge is 2.13. The van der Waals surface area contributed by atoms with Crippen molar-refractivity contribution in [2.24, 2.45) is 0 Å². The molecule has 0 amide bonds. The van der Waals surface area contributed by atoms with Gasteiger partial charge >= 0.3 is 0 Å². The Morgan fingerprint density at radius 2 is 1.76 bits per heavy atom. The molecule has 0 aliphatic rings. The fourth-order valence-corrected chi connectivity index (χ4v) is 2.72. The molecule has 3 heteroatoms. The molecule has 17 heavy (non-hydrogen) atoms. The summed E-state index contributed by atoms with van der Waals surface area (Å²) in [6.45, 7) is 0. The normalized spacial score (nSPS) is 10.3. The van der Waals surface area contributed by atoms with E-state index in [9.17, 15) is 0 Å². The van der Waals surface area contributed by atoms with Crippen LogP contribution in [0.2, 0.25) is 0 Å². The Balaban J connectivity index is 2.17. The van der Waals surface area contributed by atoms with Gasteiger partial charge in [-0.1, -0.05) is 23.5 Å². The van der Waals surface area contributed by atoms with Crippen molar-refractivity contribution < 1.29 is 4.57 Å². The molecule has 0 spiro atoms. The van der Waals surface area contributed by atoms with Gasteiger partial charge in [0, 0.05) is 18.2 Å². The SMILES string of the molecule is N#Cc1ccc(-[n+]2csc3ccccc32)cc1. The lowest BCUT2D eigenvalue weighted by Gasteiger charge is -1.93. The van der Waals surface area contributed by atoms with Gasteiger partial charge in [0.15, 0.2) is 0 Å². The molecule has 0 radical (unpaired) electrons. The molecule has 0 N–H and O–H groups in total. The number of nitrogens with zero attached hydrogens (tertiary/aromatic N) is 2. The molecule has 1 heterocycles. The summed E-state index contributed by atoms with van der Waals surface area (Å²) in [4.78, 5) is 0. The zero-order chi connectivity index (χ0) is 11.7. The van der Waals surface area contributed by atoms with Crippen LogP contribution in [0.3, 0.4) is 0 Å². The number of aromatic nitrogens is 1. The minimum atomic E-state index is 0.689. The number of rotatable bonds is 1. The molecule has 3 rings (SSSR count). The van der Waals surface area contributed by atoms with Gasteiger partial charge in [0.2, 0.25) is 16.7 Å². The maximum atomic E-state index is 8.78. The van der Waals surface area contributed by atoms with E-state index in [1.54, 1.807) is 11.3 Å². The number of nitriles is 1.